The number of fused-ring (bicyclic) bond motifs is 1. The molecule has 3 nitrogen and oxygen atoms in total. The van der Waals surface area contributed by atoms with Crippen molar-refractivity contribution in [3.63, 3.8) is 0 Å². The van der Waals surface area contributed by atoms with Gasteiger partial charge in [-0.1, -0.05) is 0 Å². The molecule has 2 aromatic rings. The minimum Gasteiger partial charge on any atom is -0.493 e. The Balaban J connectivity index is 2.06. The third-order valence-corrected chi connectivity index (χ3v) is 3.97. The highest BCUT2D eigenvalue weighted by atomic mass is 32.1. The molecule has 0 amide bonds. The van der Waals surface area contributed by atoms with Gasteiger partial charge in [-0.3, -0.25) is 0 Å². The molecule has 3 rings (SSSR count). The highest BCUT2D eigenvalue weighted by Crippen LogP contribution is 2.33. The lowest BCUT2D eigenvalue weighted by Gasteiger charge is -2.02. The van der Waals surface area contributed by atoms with Crippen LogP contribution >= 0.6 is 11.3 Å². The standard InChI is InChI=1S/C13H14N2OS/c1-8-13(15-12(7-14)17-8)10-2-3-11-9(6-10)4-5-16-11/h2-3,6H,4-5,7,14H2,1H3. The molecule has 0 saturated carbocycles. The van der Waals surface area contributed by atoms with Gasteiger partial charge in [0.05, 0.1) is 12.3 Å². The van der Waals surface area contributed by atoms with Crippen molar-refractivity contribution < 1.29 is 4.74 Å². The SMILES string of the molecule is Cc1sc(CN)nc1-c1ccc2c(c1)CCO2. The Kier molecular flexibility index (Phi) is 2.61. The second-order valence-electron chi connectivity index (χ2n) is 4.14. The molecule has 0 spiro atoms. The molecule has 0 fully saturated rings. The summed E-state index contributed by atoms with van der Waals surface area (Å²) in [5, 5.41) is 0.995. The van der Waals surface area contributed by atoms with Gasteiger partial charge in [0.25, 0.3) is 0 Å². The number of benzene rings is 1. The third-order valence-electron chi connectivity index (χ3n) is 2.98. The number of hydrogen-bond acceptors (Lipinski definition) is 4. The van der Waals surface area contributed by atoms with Crippen LogP contribution in [0.2, 0.25) is 0 Å². The molecule has 1 aromatic carbocycles. The van der Waals surface area contributed by atoms with Crippen LogP contribution < -0.4 is 10.5 Å². The first kappa shape index (κ1) is 10.7. The first-order valence-corrected chi connectivity index (χ1v) is 6.52. The number of aryl methyl sites for hydroxylation is 1. The largest absolute Gasteiger partial charge is 0.493 e. The number of aromatic nitrogens is 1. The second-order valence-corrected chi connectivity index (χ2v) is 5.43. The van der Waals surface area contributed by atoms with E-state index in [9.17, 15) is 0 Å². The molecule has 0 atom stereocenters. The van der Waals surface area contributed by atoms with Gasteiger partial charge in [-0.2, -0.15) is 0 Å². The molecule has 2 heterocycles. The maximum atomic E-state index is 5.63. The van der Waals surface area contributed by atoms with Gasteiger partial charge in [0, 0.05) is 23.4 Å². The van der Waals surface area contributed by atoms with Crippen LogP contribution in [-0.4, -0.2) is 11.6 Å². The summed E-state index contributed by atoms with van der Waals surface area (Å²) >= 11 is 1.68. The molecule has 17 heavy (non-hydrogen) atoms. The van der Waals surface area contributed by atoms with Gasteiger partial charge in [0.2, 0.25) is 0 Å². The highest BCUT2D eigenvalue weighted by molar-refractivity contribution is 7.12. The Morgan fingerprint density at radius 2 is 2.35 bits per heavy atom. The van der Waals surface area contributed by atoms with Gasteiger partial charge in [0.1, 0.15) is 10.8 Å². The van der Waals surface area contributed by atoms with Crippen LogP contribution in [0.1, 0.15) is 15.4 Å². The molecular weight excluding hydrogens is 232 g/mol. The lowest BCUT2D eigenvalue weighted by atomic mass is 10.1. The lowest BCUT2D eigenvalue weighted by molar-refractivity contribution is 0.357. The molecule has 4 heteroatoms. The number of rotatable bonds is 2. The van der Waals surface area contributed by atoms with E-state index in [1.54, 1.807) is 11.3 Å². The topological polar surface area (TPSA) is 48.1 Å². The highest BCUT2D eigenvalue weighted by Gasteiger charge is 2.15. The summed E-state index contributed by atoms with van der Waals surface area (Å²) < 4.78 is 5.51. The van der Waals surface area contributed by atoms with Gasteiger partial charge in [-0.15, -0.1) is 11.3 Å². The Bertz CT molecular complexity index is 563. The van der Waals surface area contributed by atoms with E-state index in [4.69, 9.17) is 10.5 Å². The van der Waals surface area contributed by atoms with Crippen molar-refractivity contribution in [1.29, 1.82) is 0 Å². The quantitative estimate of drug-likeness (QED) is 0.885. The number of thiazole rings is 1. The van der Waals surface area contributed by atoms with Crippen molar-refractivity contribution >= 4 is 11.3 Å². The van der Waals surface area contributed by atoms with Crippen molar-refractivity contribution in [3.05, 3.63) is 33.6 Å². The summed E-state index contributed by atoms with van der Waals surface area (Å²) in [6.45, 7) is 3.40. The molecule has 2 N–H and O–H groups in total. The zero-order chi connectivity index (χ0) is 11.8. The summed E-state index contributed by atoms with van der Waals surface area (Å²) in [6.07, 6.45) is 0.996. The fourth-order valence-corrected chi connectivity index (χ4v) is 2.97. The van der Waals surface area contributed by atoms with Gasteiger partial charge in [-0.05, 0) is 30.7 Å². The predicted octanol–water partition coefficient (Wildman–Crippen LogP) is 2.51. The van der Waals surface area contributed by atoms with E-state index in [2.05, 4.69) is 24.0 Å². The van der Waals surface area contributed by atoms with E-state index < -0.39 is 0 Å². The summed E-state index contributed by atoms with van der Waals surface area (Å²) in [5.74, 6) is 1.01. The van der Waals surface area contributed by atoms with E-state index in [1.807, 2.05) is 6.07 Å². The third kappa shape index (κ3) is 1.83. The van der Waals surface area contributed by atoms with E-state index in [0.29, 0.717) is 6.54 Å². The van der Waals surface area contributed by atoms with Crippen molar-refractivity contribution in [3.8, 4) is 17.0 Å². The average Bonchev–Trinajstić information content (AvgIpc) is 2.93. The molecule has 0 unspecified atom stereocenters. The molecule has 0 aliphatic carbocycles. The smallest absolute Gasteiger partial charge is 0.122 e. The molecular formula is C13H14N2OS. The number of hydrogen-bond donors (Lipinski definition) is 1. The zero-order valence-corrected chi connectivity index (χ0v) is 10.5. The van der Waals surface area contributed by atoms with Gasteiger partial charge >= 0.3 is 0 Å². The maximum absolute atomic E-state index is 5.63. The fraction of sp³-hybridized carbons (Fsp3) is 0.308. The first-order chi connectivity index (χ1) is 8.28. The Labute approximate surface area is 104 Å². The van der Waals surface area contributed by atoms with Crippen LogP contribution in [0.4, 0.5) is 0 Å². The van der Waals surface area contributed by atoms with Crippen LogP contribution in [-0.2, 0) is 13.0 Å². The predicted molar refractivity (Wildman–Crippen MR) is 69.4 cm³/mol. The Morgan fingerprint density at radius 1 is 1.47 bits per heavy atom. The first-order valence-electron chi connectivity index (χ1n) is 5.70. The molecule has 1 aliphatic rings. The van der Waals surface area contributed by atoms with Gasteiger partial charge in [-0.25, -0.2) is 4.98 Å². The van der Waals surface area contributed by atoms with Crippen LogP contribution in [0.25, 0.3) is 11.3 Å². The Hall–Kier alpha value is -1.39. The van der Waals surface area contributed by atoms with Crippen molar-refractivity contribution in [2.75, 3.05) is 6.61 Å². The van der Waals surface area contributed by atoms with Crippen LogP contribution in [0, 0.1) is 6.92 Å². The van der Waals surface area contributed by atoms with Crippen molar-refractivity contribution in [2.45, 2.75) is 19.9 Å². The van der Waals surface area contributed by atoms with Gasteiger partial charge < -0.3 is 10.5 Å². The molecule has 1 aromatic heterocycles. The van der Waals surface area contributed by atoms with E-state index >= 15 is 0 Å². The van der Waals surface area contributed by atoms with Gasteiger partial charge in [0.15, 0.2) is 0 Å². The van der Waals surface area contributed by atoms with E-state index in [1.165, 1.54) is 16.0 Å². The number of ether oxygens (including phenoxy) is 1. The minimum atomic E-state index is 0.513. The van der Waals surface area contributed by atoms with Crippen LogP contribution in [0.5, 0.6) is 5.75 Å². The number of nitrogens with zero attached hydrogens (tertiary/aromatic N) is 1. The van der Waals surface area contributed by atoms with Crippen molar-refractivity contribution in [2.24, 2.45) is 5.73 Å². The minimum absolute atomic E-state index is 0.513. The molecule has 0 saturated heterocycles. The molecule has 88 valence electrons. The van der Waals surface area contributed by atoms with Crippen molar-refractivity contribution in [1.82, 2.24) is 4.98 Å². The fourth-order valence-electron chi connectivity index (χ4n) is 2.14. The van der Waals surface area contributed by atoms with Crippen LogP contribution in [0.15, 0.2) is 18.2 Å². The average molecular weight is 246 g/mol. The van der Waals surface area contributed by atoms with Crippen LogP contribution in [0.3, 0.4) is 0 Å². The number of nitrogens with two attached hydrogens (primary N) is 1. The molecule has 1 aliphatic heterocycles. The lowest BCUT2D eigenvalue weighted by Crippen LogP contribution is -1.94. The summed E-state index contributed by atoms with van der Waals surface area (Å²) in [7, 11) is 0. The maximum Gasteiger partial charge on any atom is 0.122 e. The summed E-state index contributed by atoms with van der Waals surface area (Å²) in [4.78, 5) is 5.80. The van der Waals surface area contributed by atoms with E-state index in [0.717, 1.165) is 29.5 Å². The molecule has 0 bridgehead atoms. The Morgan fingerprint density at radius 3 is 3.12 bits per heavy atom. The zero-order valence-electron chi connectivity index (χ0n) is 9.69. The normalized spacial score (nSPS) is 13.5. The second kappa shape index (κ2) is 4.13. The monoisotopic (exact) mass is 246 g/mol. The summed E-state index contributed by atoms with van der Waals surface area (Å²) in [6, 6.07) is 6.30. The molecule has 0 radical (unpaired) electrons. The summed E-state index contributed by atoms with van der Waals surface area (Å²) in [5.41, 5.74) is 9.14. The van der Waals surface area contributed by atoms with E-state index in [-0.39, 0.29) is 0 Å².